The molecule has 4 heteroatoms. The van der Waals surface area contributed by atoms with Crippen LogP contribution in [0.5, 0.6) is 0 Å². The Morgan fingerprint density at radius 1 is 1.22 bits per heavy atom. The van der Waals surface area contributed by atoms with Crippen molar-refractivity contribution >= 4 is 11.6 Å². The van der Waals surface area contributed by atoms with E-state index in [-0.39, 0.29) is 0 Å². The predicted octanol–water partition coefficient (Wildman–Crippen LogP) is 3.52. The molecule has 0 fully saturated rings. The van der Waals surface area contributed by atoms with Crippen LogP contribution in [0.1, 0.15) is 24.6 Å². The Kier molecular flexibility index (Phi) is 3.64. The van der Waals surface area contributed by atoms with Crippen LogP contribution in [0.4, 0.5) is 4.39 Å². The summed E-state index contributed by atoms with van der Waals surface area (Å²) in [6.07, 6.45) is 1.54. The maximum Gasteiger partial charge on any atom is 0.141 e. The van der Waals surface area contributed by atoms with Gasteiger partial charge in [-0.15, -0.1) is 0 Å². The largest absolute Gasteiger partial charge is 0.379 e. The molecule has 2 aromatic rings. The van der Waals surface area contributed by atoms with E-state index in [1.54, 1.807) is 24.3 Å². The van der Waals surface area contributed by atoms with Crippen LogP contribution in [0.3, 0.4) is 0 Å². The maximum atomic E-state index is 12.9. The summed E-state index contributed by atoms with van der Waals surface area (Å²) in [5.41, 5.74) is -0.111. The SMILES string of the molecule is CCC(O)(c1ccc(Cl)cc1)c1ccc(F)cn1. The number of aliphatic hydroxyl groups is 1. The Morgan fingerprint density at radius 2 is 1.89 bits per heavy atom. The molecule has 0 amide bonds. The number of benzene rings is 1. The highest BCUT2D eigenvalue weighted by Crippen LogP contribution is 2.32. The van der Waals surface area contributed by atoms with E-state index in [1.807, 2.05) is 6.92 Å². The predicted molar refractivity (Wildman–Crippen MR) is 68.9 cm³/mol. The molecule has 2 nitrogen and oxygen atoms in total. The number of hydrogen-bond acceptors (Lipinski definition) is 2. The van der Waals surface area contributed by atoms with Gasteiger partial charge in [0.1, 0.15) is 11.4 Å². The lowest BCUT2D eigenvalue weighted by Crippen LogP contribution is -2.27. The molecule has 0 aliphatic carbocycles. The average molecular weight is 266 g/mol. The summed E-state index contributed by atoms with van der Waals surface area (Å²) in [6.45, 7) is 1.85. The van der Waals surface area contributed by atoms with Crippen LogP contribution in [-0.4, -0.2) is 10.1 Å². The first-order valence-electron chi connectivity index (χ1n) is 5.66. The Bertz CT molecular complexity index is 479. The Labute approximate surface area is 110 Å². The van der Waals surface area contributed by atoms with E-state index in [9.17, 15) is 9.50 Å². The van der Waals surface area contributed by atoms with Crippen LogP contribution in [0.25, 0.3) is 0 Å². The first kappa shape index (κ1) is 13.0. The van der Waals surface area contributed by atoms with Gasteiger partial charge in [-0.2, -0.15) is 0 Å². The van der Waals surface area contributed by atoms with Crippen molar-refractivity contribution in [2.45, 2.75) is 18.9 Å². The lowest BCUT2D eigenvalue weighted by Gasteiger charge is -2.26. The third-order valence-electron chi connectivity index (χ3n) is 2.98. The highest BCUT2D eigenvalue weighted by Gasteiger charge is 2.30. The summed E-state index contributed by atoms with van der Waals surface area (Å²) >= 11 is 5.82. The molecule has 1 N–H and O–H groups in total. The molecule has 94 valence electrons. The van der Waals surface area contributed by atoms with Gasteiger partial charge in [-0.05, 0) is 36.2 Å². The van der Waals surface area contributed by atoms with E-state index in [4.69, 9.17) is 11.6 Å². The van der Waals surface area contributed by atoms with Crippen molar-refractivity contribution in [2.24, 2.45) is 0 Å². The van der Waals surface area contributed by atoms with Gasteiger partial charge in [-0.3, -0.25) is 4.98 Å². The third-order valence-corrected chi connectivity index (χ3v) is 3.24. The van der Waals surface area contributed by atoms with Crippen molar-refractivity contribution in [2.75, 3.05) is 0 Å². The maximum absolute atomic E-state index is 12.9. The van der Waals surface area contributed by atoms with Crippen molar-refractivity contribution < 1.29 is 9.50 Å². The molecule has 18 heavy (non-hydrogen) atoms. The van der Waals surface area contributed by atoms with Gasteiger partial charge in [0, 0.05) is 5.02 Å². The van der Waals surface area contributed by atoms with E-state index >= 15 is 0 Å². The monoisotopic (exact) mass is 265 g/mol. The molecule has 0 saturated heterocycles. The summed E-state index contributed by atoms with van der Waals surface area (Å²) < 4.78 is 12.9. The number of hydrogen-bond donors (Lipinski definition) is 1. The number of halogens is 2. The fourth-order valence-corrected chi connectivity index (χ4v) is 2.01. The molecule has 0 spiro atoms. The van der Waals surface area contributed by atoms with Gasteiger partial charge < -0.3 is 5.11 Å². The first-order chi connectivity index (χ1) is 8.56. The molecule has 2 rings (SSSR count). The zero-order valence-corrected chi connectivity index (χ0v) is 10.7. The summed E-state index contributed by atoms with van der Waals surface area (Å²) in [5.74, 6) is -0.423. The van der Waals surface area contributed by atoms with Crippen LogP contribution < -0.4 is 0 Å². The second-order valence-corrected chi connectivity index (χ2v) is 4.52. The van der Waals surface area contributed by atoms with E-state index < -0.39 is 11.4 Å². The van der Waals surface area contributed by atoms with Gasteiger partial charge in [0.15, 0.2) is 0 Å². The lowest BCUT2D eigenvalue weighted by molar-refractivity contribution is 0.0718. The van der Waals surface area contributed by atoms with Crippen LogP contribution in [0.2, 0.25) is 5.02 Å². The first-order valence-corrected chi connectivity index (χ1v) is 6.04. The minimum atomic E-state index is -1.22. The second kappa shape index (κ2) is 5.04. The lowest BCUT2D eigenvalue weighted by atomic mass is 9.87. The Morgan fingerprint density at radius 3 is 2.39 bits per heavy atom. The zero-order chi connectivity index (χ0) is 13.2. The van der Waals surface area contributed by atoms with Crippen molar-refractivity contribution in [3.8, 4) is 0 Å². The number of nitrogens with zero attached hydrogens (tertiary/aromatic N) is 1. The summed E-state index contributed by atoms with van der Waals surface area (Å²) in [4.78, 5) is 3.96. The van der Waals surface area contributed by atoms with Crippen LogP contribution in [0.15, 0.2) is 42.6 Å². The van der Waals surface area contributed by atoms with Crippen molar-refractivity contribution in [3.05, 3.63) is 64.7 Å². The van der Waals surface area contributed by atoms with E-state index in [0.29, 0.717) is 22.7 Å². The minimum absolute atomic E-state index is 0.423. The normalized spacial score (nSPS) is 14.2. The molecule has 1 aromatic carbocycles. The summed E-state index contributed by atoms with van der Waals surface area (Å²) in [6, 6.07) is 9.70. The Balaban J connectivity index is 2.47. The zero-order valence-electron chi connectivity index (χ0n) is 9.90. The fraction of sp³-hybridized carbons (Fsp3) is 0.214. The number of rotatable bonds is 3. The summed E-state index contributed by atoms with van der Waals surface area (Å²) in [5, 5.41) is 11.3. The molecule has 0 aliphatic rings. The molecule has 1 unspecified atom stereocenters. The van der Waals surface area contributed by atoms with Gasteiger partial charge in [-0.25, -0.2) is 4.39 Å². The van der Waals surface area contributed by atoms with Crippen molar-refractivity contribution in [3.63, 3.8) is 0 Å². The highest BCUT2D eigenvalue weighted by molar-refractivity contribution is 6.30. The molecular formula is C14H13ClFNO. The van der Waals surface area contributed by atoms with E-state index in [2.05, 4.69) is 4.98 Å². The molecular weight excluding hydrogens is 253 g/mol. The van der Waals surface area contributed by atoms with E-state index in [1.165, 1.54) is 12.1 Å². The van der Waals surface area contributed by atoms with Gasteiger partial charge in [0.05, 0.1) is 11.9 Å². The number of aromatic nitrogens is 1. The van der Waals surface area contributed by atoms with Crippen LogP contribution in [0, 0.1) is 5.82 Å². The van der Waals surface area contributed by atoms with Crippen molar-refractivity contribution in [1.29, 1.82) is 0 Å². The Hall–Kier alpha value is -1.45. The number of pyridine rings is 1. The smallest absolute Gasteiger partial charge is 0.141 e. The standard InChI is InChI=1S/C14H13ClFNO/c1-2-14(18,10-3-5-11(15)6-4-10)13-8-7-12(16)9-17-13/h3-9,18H,2H2,1H3. The van der Waals surface area contributed by atoms with Crippen LogP contribution >= 0.6 is 11.6 Å². The molecule has 0 saturated carbocycles. The van der Waals surface area contributed by atoms with Gasteiger partial charge in [-0.1, -0.05) is 30.7 Å². The quantitative estimate of drug-likeness (QED) is 0.921. The molecule has 1 atom stereocenters. The highest BCUT2D eigenvalue weighted by atomic mass is 35.5. The second-order valence-electron chi connectivity index (χ2n) is 4.08. The van der Waals surface area contributed by atoms with Crippen LogP contribution in [-0.2, 0) is 5.60 Å². The molecule has 1 aromatic heterocycles. The minimum Gasteiger partial charge on any atom is -0.379 e. The molecule has 1 heterocycles. The topological polar surface area (TPSA) is 33.1 Å². The average Bonchev–Trinajstić information content (AvgIpc) is 2.39. The third kappa shape index (κ3) is 2.37. The molecule has 0 bridgehead atoms. The van der Waals surface area contributed by atoms with Gasteiger partial charge in [0.2, 0.25) is 0 Å². The fourth-order valence-electron chi connectivity index (χ4n) is 1.88. The summed E-state index contributed by atoms with van der Waals surface area (Å²) in [7, 11) is 0. The van der Waals surface area contributed by atoms with Gasteiger partial charge >= 0.3 is 0 Å². The molecule has 0 radical (unpaired) electrons. The van der Waals surface area contributed by atoms with Crippen molar-refractivity contribution in [1.82, 2.24) is 4.98 Å². The van der Waals surface area contributed by atoms with E-state index in [0.717, 1.165) is 6.20 Å². The van der Waals surface area contributed by atoms with Gasteiger partial charge in [0.25, 0.3) is 0 Å². The molecule has 0 aliphatic heterocycles.